The van der Waals surface area contributed by atoms with Crippen molar-refractivity contribution >= 4 is 43.4 Å². The number of thiazole rings is 1. The van der Waals surface area contributed by atoms with Gasteiger partial charge in [-0.05, 0) is 66.1 Å². The molecule has 5 aromatic rings. The SMILES string of the molecule is COc1cc2ccccc2cc1C(=O)N(Cc1ccccn1)c1nc2c(C)c(C)ccc2s1. The van der Waals surface area contributed by atoms with Crippen molar-refractivity contribution in [2.75, 3.05) is 12.0 Å². The van der Waals surface area contributed by atoms with Crippen LogP contribution in [-0.2, 0) is 6.54 Å². The number of fused-ring (bicyclic) bond motifs is 2. The van der Waals surface area contributed by atoms with Crippen LogP contribution < -0.4 is 9.64 Å². The third-order valence-electron chi connectivity index (χ3n) is 5.89. The van der Waals surface area contributed by atoms with Crippen LogP contribution in [0.2, 0.25) is 0 Å². The summed E-state index contributed by atoms with van der Waals surface area (Å²) in [5, 5.41) is 2.65. The molecule has 1 amide bonds. The van der Waals surface area contributed by atoms with Crippen LogP contribution in [0.15, 0.2) is 72.9 Å². The zero-order valence-corrected chi connectivity index (χ0v) is 19.5. The van der Waals surface area contributed by atoms with Crippen molar-refractivity contribution in [2.45, 2.75) is 20.4 Å². The van der Waals surface area contributed by atoms with E-state index in [4.69, 9.17) is 9.72 Å². The summed E-state index contributed by atoms with van der Waals surface area (Å²) >= 11 is 1.51. The van der Waals surface area contributed by atoms with Crippen molar-refractivity contribution < 1.29 is 9.53 Å². The van der Waals surface area contributed by atoms with E-state index in [-0.39, 0.29) is 5.91 Å². The van der Waals surface area contributed by atoms with E-state index in [9.17, 15) is 4.79 Å². The van der Waals surface area contributed by atoms with E-state index in [0.717, 1.165) is 32.2 Å². The van der Waals surface area contributed by atoms with Gasteiger partial charge in [-0.2, -0.15) is 0 Å². The molecular formula is C27H23N3O2S. The number of aryl methyl sites for hydroxylation is 2. The number of nitrogens with zero attached hydrogens (tertiary/aromatic N) is 3. The van der Waals surface area contributed by atoms with E-state index in [0.29, 0.717) is 23.0 Å². The molecule has 5 nitrogen and oxygen atoms in total. The van der Waals surface area contributed by atoms with Crippen LogP contribution in [0.5, 0.6) is 5.75 Å². The van der Waals surface area contributed by atoms with E-state index in [2.05, 4.69) is 31.0 Å². The Hall–Kier alpha value is -3.77. The summed E-state index contributed by atoms with van der Waals surface area (Å²) < 4.78 is 6.68. The van der Waals surface area contributed by atoms with Crippen LogP contribution >= 0.6 is 11.3 Å². The third kappa shape index (κ3) is 3.94. The average Bonchev–Trinajstić information content (AvgIpc) is 3.29. The highest BCUT2D eigenvalue weighted by molar-refractivity contribution is 7.22. The van der Waals surface area contributed by atoms with Crippen molar-refractivity contribution in [3.05, 3.63) is 95.3 Å². The minimum Gasteiger partial charge on any atom is -0.496 e. The van der Waals surface area contributed by atoms with Crippen LogP contribution in [0.4, 0.5) is 5.13 Å². The summed E-state index contributed by atoms with van der Waals surface area (Å²) in [5.74, 6) is 0.370. The Morgan fingerprint density at radius 1 is 1.00 bits per heavy atom. The van der Waals surface area contributed by atoms with Crippen molar-refractivity contribution in [1.82, 2.24) is 9.97 Å². The highest BCUT2D eigenvalue weighted by Crippen LogP contribution is 2.35. The molecule has 33 heavy (non-hydrogen) atoms. The van der Waals surface area contributed by atoms with Gasteiger partial charge >= 0.3 is 0 Å². The molecule has 0 spiro atoms. The van der Waals surface area contributed by atoms with Gasteiger partial charge in [-0.3, -0.25) is 14.7 Å². The van der Waals surface area contributed by atoms with Gasteiger partial charge in [0.25, 0.3) is 5.91 Å². The highest BCUT2D eigenvalue weighted by Gasteiger charge is 2.25. The normalized spacial score (nSPS) is 11.1. The molecule has 0 aliphatic rings. The molecule has 5 rings (SSSR count). The van der Waals surface area contributed by atoms with Crippen molar-refractivity contribution in [3.63, 3.8) is 0 Å². The van der Waals surface area contributed by atoms with Crippen LogP contribution in [-0.4, -0.2) is 23.0 Å². The first kappa shape index (κ1) is 21.1. The molecule has 164 valence electrons. The predicted molar refractivity (Wildman–Crippen MR) is 134 cm³/mol. The number of anilines is 1. The summed E-state index contributed by atoms with van der Waals surface area (Å²) in [6.45, 7) is 4.45. The smallest absolute Gasteiger partial charge is 0.264 e. The van der Waals surface area contributed by atoms with E-state index >= 15 is 0 Å². The first-order chi connectivity index (χ1) is 16.0. The fourth-order valence-corrected chi connectivity index (χ4v) is 4.93. The maximum absolute atomic E-state index is 14.0. The lowest BCUT2D eigenvalue weighted by atomic mass is 10.0. The van der Waals surface area contributed by atoms with Crippen LogP contribution in [0, 0.1) is 13.8 Å². The fraction of sp³-hybridized carbons (Fsp3) is 0.148. The van der Waals surface area contributed by atoms with Gasteiger partial charge in [-0.1, -0.05) is 47.7 Å². The maximum atomic E-state index is 14.0. The van der Waals surface area contributed by atoms with Crippen molar-refractivity contribution in [3.8, 4) is 5.75 Å². The van der Waals surface area contributed by atoms with Crippen LogP contribution in [0.3, 0.4) is 0 Å². The minimum absolute atomic E-state index is 0.170. The zero-order valence-electron chi connectivity index (χ0n) is 18.7. The van der Waals surface area contributed by atoms with Gasteiger partial charge in [0.15, 0.2) is 5.13 Å². The van der Waals surface area contributed by atoms with E-state index in [1.165, 1.54) is 16.9 Å². The second kappa shape index (κ2) is 8.64. The van der Waals surface area contributed by atoms with Gasteiger partial charge in [0, 0.05) is 6.20 Å². The van der Waals surface area contributed by atoms with E-state index in [1.54, 1.807) is 18.2 Å². The van der Waals surface area contributed by atoms with Gasteiger partial charge < -0.3 is 4.74 Å². The predicted octanol–water partition coefficient (Wildman–Crippen LogP) is 6.32. The first-order valence-corrected chi connectivity index (χ1v) is 11.5. The Morgan fingerprint density at radius 2 is 1.76 bits per heavy atom. The molecule has 0 aliphatic carbocycles. The molecule has 0 atom stereocenters. The van der Waals surface area contributed by atoms with E-state index < -0.39 is 0 Å². The molecule has 2 aromatic heterocycles. The summed E-state index contributed by atoms with van der Waals surface area (Å²) in [4.78, 5) is 25.0. The Labute approximate surface area is 196 Å². The quantitative estimate of drug-likeness (QED) is 0.313. The lowest BCUT2D eigenvalue weighted by molar-refractivity contribution is 0.0982. The molecule has 0 saturated carbocycles. The van der Waals surface area contributed by atoms with Crippen LogP contribution in [0.1, 0.15) is 27.2 Å². The lowest BCUT2D eigenvalue weighted by Gasteiger charge is -2.21. The maximum Gasteiger partial charge on any atom is 0.264 e. The second-order valence-corrected chi connectivity index (χ2v) is 8.97. The number of hydrogen-bond donors (Lipinski definition) is 0. The Balaban J connectivity index is 1.65. The molecule has 0 radical (unpaired) electrons. The summed E-state index contributed by atoms with van der Waals surface area (Å²) in [7, 11) is 1.59. The molecule has 0 unspecified atom stereocenters. The van der Waals surface area contributed by atoms with Crippen LogP contribution in [0.25, 0.3) is 21.0 Å². The van der Waals surface area contributed by atoms with Crippen molar-refractivity contribution in [2.24, 2.45) is 0 Å². The largest absolute Gasteiger partial charge is 0.496 e. The number of rotatable bonds is 5. The fourth-order valence-electron chi connectivity index (χ4n) is 3.91. The molecule has 3 aromatic carbocycles. The molecule has 0 saturated heterocycles. The topological polar surface area (TPSA) is 55.3 Å². The molecule has 0 fully saturated rings. The Morgan fingerprint density at radius 3 is 2.48 bits per heavy atom. The monoisotopic (exact) mass is 453 g/mol. The molecular weight excluding hydrogens is 430 g/mol. The summed E-state index contributed by atoms with van der Waals surface area (Å²) in [6.07, 6.45) is 1.74. The van der Waals surface area contributed by atoms with E-state index in [1.807, 2.05) is 54.6 Å². The summed E-state index contributed by atoms with van der Waals surface area (Å²) in [5.41, 5.74) is 4.53. The van der Waals surface area contributed by atoms with Gasteiger partial charge in [-0.25, -0.2) is 4.98 Å². The average molecular weight is 454 g/mol. The molecule has 0 bridgehead atoms. The molecule has 2 heterocycles. The number of hydrogen-bond acceptors (Lipinski definition) is 5. The highest BCUT2D eigenvalue weighted by atomic mass is 32.1. The number of pyridine rings is 1. The zero-order chi connectivity index (χ0) is 22.9. The molecule has 0 aliphatic heterocycles. The van der Waals surface area contributed by atoms with Gasteiger partial charge in [0.05, 0.1) is 35.1 Å². The number of amides is 1. The Bertz CT molecular complexity index is 1480. The summed E-state index contributed by atoms with van der Waals surface area (Å²) in [6, 6.07) is 21.6. The minimum atomic E-state index is -0.170. The second-order valence-electron chi connectivity index (χ2n) is 7.96. The molecule has 0 N–H and O–H groups in total. The van der Waals surface area contributed by atoms with Crippen molar-refractivity contribution in [1.29, 1.82) is 0 Å². The standard InChI is InChI=1S/C27H23N3O2S/c1-17-11-12-24-25(18(17)2)29-27(33-24)30(16-21-10-6-7-13-28-21)26(31)22-14-19-8-4-5-9-20(19)15-23(22)32-3/h4-15H,16H2,1-3H3. The van der Waals surface area contributed by atoms with Gasteiger partial charge in [-0.15, -0.1) is 0 Å². The first-order valence-electron chi connectivity index (χ1n) is 10.7. The number of ether oxygens (including phenoxy) is 1. The number of benzene rings is 3. The number of carbonyl (C=O) groups excluding carboxylic acids is 1. The Kier molecular flexibility index (Phi) is 5.52. The lowest BCUT2D eigenvalue weighted by Crippen LogP contribution is -2.31. The third-order valence-corrected chi connectivity index (χ3v) is 6.94. The number of carbonyl (C=O) groups is 1. The number of aromatic nitrogens is 2. The van der Waals surface area contributed by atoms with Gasteiger partial charge in [0.2, 0.25) is 0 Å². The van der Waals surface area contributed by atoms with Gasteiger partial charge in [0.1, 0.15) is 5.75 Å². The number of methoxy groups -OCH3 is 1. The molecule has 6 heteroatoms.